The van der Waals surface area contributed by atoms with Gasteiger partial charge in [-0.25, -0.2) is 8.42 Å². The van der Waals surface area contributed by atoms with Crippen molar-refractivity contribution in [2.24, 2.45) is 0 Å². The van der Waals surface area contributed by atoms with Crippen molar-refractivity contribution in [2.45, 2.75) is 11.8 Å². The van der Waals surface area contributed by atoms with Gasteiger partial charge in [0, 0.05) is 16.5 Å². The zero-order valence-corrected chi connectivity index (χ0v) is 13.2. The van der Waals surface area contributed by atoms with Gasteiger partial charge in [0.15, 0.2) is 11.5 Å². The van der Waals surface area contributed by atoms with Gasteiger partial charge in [0.2, 0.25) is 9.84 Å². The van der Waals surface area contributed by atoms with Gasteiger partial charge >= 0.3 is 0 Å². The minimum absolute atomic E-state index is 0.177. The Morgan fingerprint density at radius 1 is 1.00 bits per heavy atom. The van der Waals surface area contributed by atoms with Crippen molar-refractivity contribution in [1.29, 1.82) is 0 Å². The summed E-state index contributed by atoms with van der Waals surface area (Å²) in [6.07, 6.45) is 0. The van der Waals surface area contributed by atoms with Crippen LogP contribution in [-0.2, 0) is 9.84 Å². The number of aryl methyl sites for hydroxylation is 1. The van der Waals surface area contributed by atoms with Crippen molar-refractivity contribution in [3.05, 3.63) is 59.0 Å². The molecule has 0 radical (unpaired) electrons. The van der Waals surface area contributed by atoms with Gasteiger partial charge in [-0.05, 0) is 24.6 Å². The first-order valence-corrected chi connectivity index (χ1v) is 8.39. The Labute approximate surface area is 129 Å². The molecule has 1 aliphatic rings. The molecule has 22 heavy (non-hydrogen) atoms. The molecule has 5 heteroatoms. The minimum atomic E-state index is -3.38. The Bertz CT molecular complexity index is 851. The fraction of sp³-hybridized carbons (Fsp3) is 0.176. The number of hydrogen-bond acceptors (Lipinski definition) is 4. The lowest BCUT2D eigenvalue weighted by atomic mass is 10.1. The van der Waals surface area contributed by atoms with E-state index in [1.54, 1.807) is 32.2 Å². The van der Waals surface area contributed by atoms with Crippen LogP contribution in [0.2, 0.25) is 0 Å². The third-order valence-corrected chi connectivity index (χ3v) is 5.30. The summed E-state index contributed by atoms with van der Waals surface area (Å²) < 4.78 is 35.5. The molecule has 3 rings (SSSR count). The summed E-state index contributed by atoms with van der Waals surface area (Å²) in [7, 11) is -1.81. The van der Waals surface area contributed by atoms with Crippen LogP contribution in [0.25, 0.3) is 5.57 Å². The molecule has 114 valence electrons. The van der Waals surface area contributed by atoms with Gasteiger partial charge in [0.25, 0.3) is 0 Å². The van der Waals surface area contributed by atoms with Crippen LogP contribution >= 0.6 is 0 Å². The average molecular weight is 316 g/mol. The molecule has 4 nitrogen and oxygen atoms in total. The topological polar surface area (TPSA) is 52.6 Å². The zero-order valence-electron chi connectivity index (χ0n) is 12.4. The van der Waals surface area contributed by atoms with E-state index >= 15 is 0 Å². The second-order valence-corrected chi connectivity index (χ2v) is 6.81. The van der Waals surface area contributed by atoms with Crippen LogP contribution in [0, 0.1) is 6.92 Å². The number of benzene rings is 2. The fourth-order valence-corrected chi connectivity index (χ4v) is 4.31. The number of fused-ring (bicyclic) bond motifs is 1. The smallest absolute Gasteiger partial charge is 0.201 e. The quantitative estimate of drug-likeness (QED) is 0.869. The maximum absolute atomic E-state index is 12.3. The maximum Gasteiger partial charge on any atom is 0.201 e. The number of rotatable bonds is 4. The summed E-state index contributed by atoms with van der Waals surface area (Å²) >= 11 is 0. The summed E-state index contributed by atoms with van der Waals surface area (Å²) in [5.41, 5.74) is 2.13. The SMILES string of the molecule is COc1ccccc1OCC1=CS(=O)(=O)c2c(C)cccc21. The molecule has 1 aliphatic heterocycles. The molecule has 0 aromatic heterocycles. The van der Waals surface area contributed by atoms with Crippen LogP contribution < -0.4 is 9.47 Å². The molecule has 2 aromatic carbocycles. The lowest BCUT2D eigenvalue weighted by Crippen LogP contribution is -2.01. The van der Waals surface area contributed by atoms with Gasteiger partial charge in [-0.2, -0.15) is 0 Å². The largest absolute Gasteiger partial charge is 0.493 e. The van der Waals surface area contributed by atoms with Crippen molar-refractivity contribution in [2.75, 3.05) is 13.7 Å². The van der Waals surface area contributed by atoms with Crippen LogP contribution in [0.15, 0.2) is 52.8 Å². The first kappa shape index (κ1) is 14.7. The van der Waals surface area contributed by atoms with E-state index in [9.17, 15) is 8.42 Å². The summed E-state index contributed by atoms with van der Waals surface area (Å²) in [5, 5.41) is 1.29. The van der Waals surface area contributed by atoms with Crippen molar-refractivity contribution in [1.82, 2.24) is 0 Å². The molecule has 0 N–H and O–H groups in total. The van der Waals surface area contributed by atoms with E-state index in [-0.39, 0.29) is 6.61 Å². The predicted molar refractivity (Wildman–Crippen MR) is 84.8 cm³/mol. The van der Waals surface area contributed by atoms with Crippen molar-refractivity contribution >= 4 is 15.4 Å². The molecule has 0 spiro atoms. The molecule has 0 saturated carbocycles. The van der Waals surface area contributed by atoms with E-state index in [1.807, 2.05) is 24.3 Å². The minimum Gasteiger partial charge on any atom is -0.493 e. The second-order valence-electron chi connectivity index (χ2n) is 5.08. The second kappa shape index (κ2) is 5.50. The number of methoxy groups -OCH3 is 1. The Morgan fingerprint density at radius 2 is 1.73 bits per heavy atom. The van der Waals surface area contributed by atoms with Crippen molar-refractivity contribution < 1.29 is 17.9 Å². The van der Waals surface area contributed by atoms with Crippen molar-refractivity contribution in [3.8, 4) is 11.5 Å². The summed E-state index contributed by atoms with van der Waals surface area (Å²) in [5.74, 6) is 1.21. The number of sulfone groups is 1. The van der Waals surface area contributed by atoms with Gasteiger partial charge in [-0.3, -0.25) is 0 Å². The maximum atomic E-state index is 12.3. The Hall–Kier alpha value is -2.27. The number of hydrogen-bond donors (Lipinski definition) is 0. The van der Waals surface area contributed by atoms with Crippen molar-refractivity contribution in [3.63, 3.8) is 0 Å². The van der Waals surface area contributed by atoms with Crippen LogP contribution in [0.4, 0.5) is 0 Å². The van der Waals surface area contributed by atoms with E-state index in [0.29, 0.717) is 22.0 Å². The first-order chi connectivity index (χ1) is 10.5. The molecule has 1 heterocycles. The molecular weight excluding hydrogens is 300 g/mol. The highest BCUT2D eigenvalue weighted by molar-refractivity contribution is 7.95. The van der Waals surface area contributed by atoms with Crippen LogP contribution in [-0.4, -0.2) is 22.1 Å². The molecule has 2 aromatic rings. The molecule has 0 aliphatic carbocycles. The van der Waals surface area contributed by atoms with Gasteiger partial charge < -0.3 is 9.47 Å². The standard InChI is InChI=1S/C17H16O4S/c1-12-6-5-7-14-13(11-22(18,19)17(12)14)10-21-16-9-4-3-8-15(16)20-2/h3-9,11H,10H2,1-2H3. The number of para-hydroxylation sites is 2. The summed E-state index contributed by atoms with van der Waals surface area (Å²) in [6, 6.07) is 12.7. The van der Waals surface area contributed by atoms with Crippen LogP contribution in [0.5, 0.6) is 11.5 Å². The molecule has 0 atom stereocenters. The van der Waals surface area contributed by atoms with E-state index in [2.05, 4.69) is 0 Å². The highest BCUT2D eigenvalue weighted by atomic mass is 32.2. The van der Waals surface area contributed by atoms with Gasteiger partial charge in [-0.15, -0.1) is 0 Å². The summed E-state index contributed by atoms with van der Waals surface area (Å²) in [4.78, 5) is 0.383. The van der Waals surface area contributed by atoms with Gasteiger partial charge in [-0.1, -0.05) is 30.3 Å². The Balaban J connectivity index is 1.91. The molecule has 0 saturated heterocycles. The van der Waals surface area contributed by atoms with Gasteiger partial charge in [0.05, 0.1) is 12.0 Å². The zero-order chi connectivity index (χ0) is 15.7. The van der Waals surface area contributed by atoms with E-state index in [4.69, 9.17) is 9.47 Å². The van der Waals surface area contributed by atoms with Crippen LogP contribution in [0.3, 0.4) is 0 Å². The van der Waals surface area contributed by atoms with Crippen LogP contribution in [0.1, 0.15) is 11.1 Å². The summed E-state index contributed by atoms with van der Waals surface area (Å²) in [6.45, 7) is 1.98. The lowest BCUT2D eigenvalue weighted by Gasteiger charge is -2.11. The van der Waals surface area contributed by atoms with Gasteiger partial charge in [0.1, 0.15) is 6.61 Å². The first-order valence-electron chi connectivity index (χ1n) is 6.84. The Morgan fingerprint density at radius 3 is 2.45 bits per heavy atom. The highest BCUT2D eigenvalue weighted by Gasteiger charge is 2.28. The van der Waals surface area contributed by atoms with E-state index in [1.165, 1.54) is 5.41 Å². The molecule has 0 bridgehead atoms. The molecule has 0 amide bonds. The predicted octanol–water partition coefficient (Wildman–Crippen LogP) is 3.21. The third kappa shape index (κ3) is 2.48. The average Bonchev–Trinajstić information content (AvgIpc) is 2.77. The van der Waals surface area contributed by atoms with E-state index < -0.39 is 9.84 Å². The van der Waals surface area contributed by atoms with E-state index in [0.717, 1.165) is 11.1 Å². The molecule has 0 fully saturated rings. The molecule has 0 unspecified atom stereocenters. The lowest BCUT2D eigenvalue weighted by molar-refractivity contribution is 0.331. The normalized spacial score (nSPS) is 15.1. The monoisotopic (exact) mass is 316 g/mol. The fourth-order valence-electron chi connectivity index (χ4n) is 2.60. The highest BCUT2D eigenvalue weighted by Crippen LogP contribution is 2.36. The molecular formula is C17H16O4S. The Kier molecular flexibility index (Phi) is 3.66. The number of ether oxygens (including phenoxy) is 2. The third-order valence-electron chi connectivity index (χ3n) is 3.59.